The van der Waals surface area contributed by atoms with Crippen LogP contribution in [0.2, 0.25) is 0 Å². The number of rotatable bonds is 5. The summed E-state index contributed by atoms with van der Waals surface area (Å²) in [6.07, 6.45) is 9.73. The number of amides is 1. The molecule has 5 nitrogen and oxygen atoms in total. The molecule has 1 saturated carbocycles. The topological polar surface area (TPSA) is 64.0 Å². The van der Waals surface area contributed by atoms with Gasteiger partial charge >= 0.3 is 0 Å². The van der Waals surface area contributed by atoms with E-state index < -0.39 is 0 Å². The number of hydrogen-bond acceptors (Lipinski definition) is 3. The fraction of sp³-hybridized carbons (Fsp3) is 0.706. The van der Waals surface area contributed by atoms with Gasteiger partial charge in [0.05, 0.1) is 12.2 Å². The van der Waals surface area contributed by atoms with Crippen LogP contribution in [-0.2, 0) is 24.2 Å². The van der Waals surface area contributed by atoms with E-state index in [1.54, 1.807) is 6.07 Å². The Bertz CT molecular complexity index is 588. The number of nitrogens with zero attached hydrogens (tertiary/aromatic N) is 2. The number of hydrogen-bond donors (Lipinski definition) is 1. The Kier molecular flexibility index (Phi) is 4.90. The summed E-state index contributed by atoms with van der Waals surface area (Å²) in [5.74, 6) is 0.669. The van der Waals surface area contributed by atoms with Gasteiger partial charge < -0.3 is 5.32 Å². The van der Waals surface area contributed by atoms with E-state index in [-0.39, 0.29) is 11.5 Å². The molecule has 1 heterocycles. The van der Waals surface area contributed by atoms with Gasteiger partial charge in [-0.1, -0.05) is 12.8 Å². The first-order chi connectivity index (χ1) is 10.7. The van der Waals surface area contributed by atoms with Crippen LogP contribution in [0.15, 0.2) is 10.9 Å². The van der Waals surface area contributed by atoms with Crippen LogP contribution in [0.3, 0.4) is 0 Å². The third-order valence-corrected chi connectivity index (χ3v) is 4.87. The minimum absolute atomic E-state index is 0.0503. The lowest BCUT2D eigenvalue weighted by Gasteiger charge is -2.16. The highest BCUT2D eigenvalue weighted by Crippen LogP contribution is 2.27. The quantitative estimate of drug-likeness (QED) is 0.902. The highest BCUT2D eigenvalue weighted by Gasteiger charge is 2.18. The first-order valence-electron chi connectivity index (χ1n) is 8.59. The fourth-order valence-corrected chi connectivity index (χ4v) is 3.61. The van der Waals surface area contributed by atoms with Gasteiger partial charge in [-0.25, -0.2) is 4.68 Å². The molecule has 0 spiro atoms. The van der Waals surface area contributed by atoms with E-state index in [2.05, 4.69) is 10.4 Å². The SMILES string of the molecule is O=C(CC1CCCC1)NCCn1nc2c(cc1=O)CCCC2. The predicted molar refractivity (Wildman–Crippen MR) is 84.7 cm³/mol. The van der Waals surface area contributed by atoms with Crippen molar-refractivity contribution < 1.29 is 4.79 Å². The van der Waals surface area contributed by atoms with Crippen molar-refractivity contribution in [3.63, 3.8) is 0 Å². The Morgan fingerprint density at radius 2 is 2.00 bits per heavy atom. The second-order valence-electron chi connectivity index (χ2n) is 6.59. The zero-order valence-corrected chi connectivity index (χ0v) is 13.1. The van der Waals surface area contributed by atoms with Crippen molar-refractivity contribution in [1.29, 1.82) is 0 Å². The van der Waals surface area contributed by atoms with Crippen LogP contribution < -0.4 is 10.9 Å². The summed E-state index contributed by atoms with van der Waals surface area (Å²) in [5, 5.41) is 7.39. The van der Waals surface area contributed by atoms with E-state index in [9.17, 15) is 9.59 Å². The standard InChI is InChI=1S/C17H25N3O2/c21-16(11-13-5-1-2-6-13)18-9-10-20-17(22)12-14-7-3-4-8-15(14)19-20/h12-13H,1-11H2,(H,18,21). The lowest BCUT2D eigenvalue weighted by Crippen LogP contribution is -2.33. The Balaban J connectivity index is 1.50. The van der Waals surface area contributed by atoms with Crippen LogP contribution in [-0.4, -0.2) is 22.2 Å². The van der Waals surface area contributed by atoms with E-state index in [1.807, 2.05) is 0 Å². The molecular weight excluding hydrogens is 278 g/mol. The van der Waals surface area contributed by atoms with Crippen molar-refractivity contribution >= 4 is 5.91 Å². The second-order valence-corrected chi connectivity index (χ2v) is 6.59. The third-order valence-electron chi connectivity index (χ3n) is 4.87. The van der Waals surface area contributed by atoms with Gasteiger partial charge in [0.2, 0.25) is 5.91 Å². The van der Waals surface area contributed by atoms with E-state index in [0.29, 0.717) is 25.4 Å². The van der Waals surface area contributed by atoms with Crippen molar-refractivity contribution in [2.45, 2.75) is 64.3 Å². The molecule has 1 aromatic rings. The van der Waals surface area contributed by atoms with Gasteiger partial charge in [0.1, 0.15) is 0 Å². The molecule has 0 unspecified atom stereocenters. The average Bonchev–Trinajstić information content (AvgIpc) is 3.00. The molecule has 1 fully saturated rings. The predicted octanol–water partition coefficient (Wildman–Crippen LogP) is 1.82. The lowest BCUT2D eigenvalue weighted by molar-refractivity contribution is -0.122. The van der Waals surface area contributed by atoms with Crippen molar-refractivity contribution in [2.24, 2.45) is 5.92 Å². The Hall–Kier alpha value is -1.65. The molecule has 0 saturated heterocycles. The zero-order chi connectivity index (χ0) is 15.4. The minimum atomic E-state index is -0.0503. The second kappa shape index (κ2) is 7.07. The minimum Gasteiger partial charge on any atom is -0.354 e. The summed E-state index contributed by atoms with van der Waals surface area (Å²) in [6.45, 7) is 0.944. The van der Waals surface area contributed by atoms with Crippen molar-refractivity contribution in [3.05, 3.63) is 27.7 Å². The van der Waals surface area contributed by atoms with Crippen LogP contribution in [0.25, 0.3) is 0 Å². The number of carbonyl (C=O) groups is 1. The van der Waals surface area contributed by atoms with Crippen molar-refractivity contribution in [2.75, 3.05) is 6.54 Å². The number of fused-ring (bicyclic) bond motifs is 1. The molecule has 0 radical (unpaired) electrons. The van der Waals surface area contributed by atoms with Crippen LogP contribution in [0.1, 0.15) is 56.2 Å². The van der Waals surface area contributed by atoms with E-state index in [0.717, 1.165) is 36.9 Å². The Morgan fingerprint density at radius 3 is 2.82 bits per heavy atom. The summed E-state index contributed by atoms with van der Waals surface area (Å²) in [4.78, 5) is 23.9. The van der Waals surface area contributed by atoms with E-state index in [1.165, 1.54) is 30.4 Å². The highest BCUT2D eigenvalue weighted by molar-refractivity contribution is 5.76. The smallest absolute Gasteiger partial charge is 0.267 e. The summed E-state index contributed by atoms with van der Waals surface area (Å²) < 4.78 is 1.50. The van der Waals surface area contributed by atoms with Crippen LogP contribution in [0, 0.1) is 5.92 Å². The summed E-state index contributed by atoms with van der Waals surface area (Å²) in [6, 6.07) is 1.72. The number of aryl methyl sites for hydroxylation is 2. The summed E-state index contributed by atoms with van der Waals surface area (Å²) in [5.41, 5.74) is 2.12. The molecule has 2 aliphatic rings. The van der Waals surface area contributed by atoms with Gasteiger partial charge in [-0.15, -0.1) is 0 Å². The molecule has 3 rings (SSSR count). The number of carbonyl (C=O) groups excluding carboxylic acids is 1. The maximum absolute atomic E-state index is 12.0. The molecule has 2 aliphatic carbocycles. The van der Waals surface area contributed by atoms with Crippen LogP contribution in [0.5, 0.6) is 0 Å². The number of nitrogens with one attached hydrogen (secondary N) is 1. The fourth-order valence-electron chi connectivity index (χ4n) is 3.61. The van der Waals surface area contributed by atoms with Gasteiger partial charge in [-0.05, 0) is 50.0 Å². The molecule has 0 aromatic carbocycles. The molecule has 1 N–H and O–H groups in total. The molecule has 5 heteroatoms. The van der Waals surface area contributed by atoms with E-state index >= 15 is 0 Å². The van der Waals surface area contributed by atoms with Gasteiger partial charge in [0.15, 0.2) is 0 Å². The molecule has 0 bridgehead atoms. The molecule has 1 amide bonds. The monoisotopic (exact) mass is 303 g/mol. The van der Waals surface area contributed by atoms with Crippen LogP contribution >= 0.6 is 0 Å². The first kappa shape index (κ1) is 15.3. The maximum atomic E-state index is 12.0. The van der Waals surface area contributed by atoms with E-state index in [4.69, 9.17) is 0 Å². The molecule has 1 aromatic heterocycles. The van der Waals surface area contributed by atoms with Crippen molar-refractivity contribution in [1.82, 2.24) is 15.1 Å². The van der Waals surface area contributed by atoms with Gasteiger partial charge in [0.25, 0.3) is 5.56 Å². The van der Waals surface area contributed by atoms with Gasteiger partial charge in [-0.3, -0.25) is 9.59 Å². The average molecular weight is 303 g/mol. The molecule has 0 aliphatic heterocycles. The number of aromatic nitrogens is 2. The molecule has 120 valence electrons. The zero-order valence-electron chi connectivity index (χ0n) is 13.1. The first-order valence-corrected chi connectivity index (χ1v) is 8.59. The molecule has 0 atom stereocenters. The maximum Gasteiger partial charge on any atom is 0.267 e. The molecule has 22 heavy (non-hydrogen) atoms. The van der Waals surface area contributed by atoms with Gasteiger partial charge in [-0.2, -0.15) is 5.10 Å². The van der Waals surface area contributed by atoms with Crippen molar-refractivity contribution in [3.8, 4) is 0 Å². The lowest BCUT2D eigenvalue weighted by atomic mass is 9.97. The summed E-state index contributed by atoms with van der Waals surface area (Å²) in [7, 11) is 0. The molecular formula is C17H25N3O2. The van der Waals surface area contributed by atoms with Gasteiger partial charge in [0, 0.05) is 19.0 Å². The Labute approximate surface area is 131 Å². The normalized spacial score (nSPS) is 18.2. The highest BCUT2D eigenvalue weighted by atomic mass is 16.1. The summed E-state index contributed by atoms with van der Waals surface area (Å²) >= 11 is 0. The van der Waals surface area contributed by atoms with Crippen LogP contribution in [0.4, 0.5) is 0 Å². The Morgan fingerprint density at radius 1 is 1.23 bits per heavy atom. The third kappa shape index (κ3) is 3.76. The largest absolute Gasteiger partial charge is 0.354 e.